The number of fused-ring (bicyclic) bond motifs is 1. The van der Waals surface area contributed by atoms with E-state index in [0.717, 1.165) is 33.4 Å². The quantitative estimate of drug-likeness (QED) is 0.829. The summed E-state index contributed by atoms with van der Waals surface area (Å²) in [4.78, 5) is 4.50. The predicted molar refractivity (Wildman–Crippen MR) is 86.3 cm³/mol. The molecule has 1 aliphatic rings. The summed E-state index contributed by atoms with van der Waals surface area (Å²) in [5.41, 5.74) is 2.09. The van der Waals surface area contributed by atoms with Crippen LogP contribution in [0.5, 0.6) is 0 Å². The zero-order valence-corrected chi connectivity index (χ0v) is 12.8. The molecule has 1 aromatic carbocycles. The molecule has 0 aliphatic heterocycles. The number of halogens is 1. The van der Waals surface area contributed by atoms with Gasteiger partial charge in [-0.1, -0.05) is 31.5 Å². The minimum atomic E-state index is 0.525. The lowest BCUT2D eigenvalue weighted by atomic mass is 9.80. The highest BCUT2D eigenvalue weighted by Gasteiger charge is 2.24. The maximum absolute atomic E-state index is 6.23. The van der Waals surface area contributed by atoms with Crippen LogP contribution in [0.2, 0.25) is 5.02 Å². The Morgan fingerprint density at radius 2 is 1.90 bits per heavy atom. The highest BCUT2D eigenvalue weighted by Crippen LogP contribution is 2.33. The fraction of sp³-hybridized carbons (Fsp3) is 0.471. The largest absolute Gasteiger partial charge is 0.380 e. The molecule has 3 heteroatoms. The van der Waals surface area contributed by atoms with Gasteiger partial charge in [-0.15, -0.1) is 0 Å². The second kappa shape index (κ2) is 5.61. The fourth-order valence-corrected chi connectivity index (χ4v) is 3.78. The number of nitrogens with one attached hydrogen (secondary N) is 1. The summed E-state index contributed by atoms with van der Waals surface area (Å²) in [7, 11) is 0. The summed E-state index contributed by atoms with van der Waals surface area (Å²) >= 11 is 6.23. The van der Waals surface area contributed by atoms with Gasteiger partial charge in [0.05, 0.1) is 11.2 Å². The van der Waals surface area contributed by atoms with Crippen LogP contribution in [-0.4, -0.2) is 11.0 Å². The predicted octanol–water partition coefficient (Wildman–Crippen LogP) is 5.12. The van der Waals surface area contributed by atoms with Crippen molar-refractivity contribution in [2.24, 2.45) is 11.8 Å². The van der Waals surface area contributed by atoms with Crippen molar-refractivity contribution in [1.29, 1.82) is 0 Å². The number of benzene rings is 1. The molecule has 1 saturated carbocycles. The van der Waals surface area contributed by atoms with E-state index in [1.54, 1.807) is 0 Å². The van der Waals surface area contributed by atoms with E-state index in [1.807, 2.05) is 24.4 Å². The van der Waals surface area contributed by atoms with Gasteiger partial charge in [-0.2, -0.15) is 0 Å². The molecule has 20 heavy (non-hydrogen) atoms. The smallest absolute Gasteiger partial charge is 0.0934 e. The van der Waals surface area contributed by atoms with Crippen molar-refractivity contribution >= 4 is 28.2 Å². The zero-order valence-electron chi connectivity index (χ0n) is 12.1. The van der Waals surface area contributed by atoms with Crippen molar-refractivity contribution < 1.29 is 0 Å². The Kier molecular flexibility index (Phi) is 3.84. The van der Waals surface area contributed by atoms with Crippen LogP contribution < -0.4 is 5.32 Å². The summed E-state index contributed by atoms with van der Waals surface area (Å²) in [5, 5.41) is 5.54. The monoisotopic (exact) mass is 288 g/mol. The van der Waals surface area contributed by atoms with Crippen molar-refractivity contribution in [1.82, 2.24) is 4.98 Å². The second-order valence-electron chi connectivity index (χ2n) is 6.29. The van der Waals surface area contributed by atoms with Crippen LogP contribution in [0.4, 0.5) is 5.69 Å². The number of aromatic nitrogens is 1. The van der Waals surface area contributed by atoms with Crippen LogP contribution in [0.3, 0.4) is 0 Å². The Hall–Kier alpha value is -1.28. The van der Waals surface area contributed by atoms with Crippen LogP contribution >= 0.6 is 11.6 Å². The Morgan fingerprint density at radius 3 is 2.65 bits per heavy atom. The third-order valence-corrected chi connectivity index (χ3v) is 4.43. The van der Waals surface area contributed by atoms with Gasteiger partial charge in [-0.25, -0.2) is 0 Å². The number of anilines is 1. The molecule has 1 fully saturated rings. The zero-order chi connectivity index (χ0) is 14.1. The van der Waals surface area contributed by atoms with Gasteiger partial charge in [-0.05, 0) is 49.3 Å². The minimum absolute atomic E-state index is 0.525. The van der Waals surface area contributed by atoms with Crippen LogP contribution in [0.15, 0.2) is 30.5 Å². The maximum atomic E-state index is 6.23. The van der Waals surface area contributed by atoms with Crippen molar-refractivity contribution in [2.45, 2.75) is 39.2 Å². The first kappa shape index (κ1) is 13.7. The number of rotatable bonds is 2. The molecule has 1 aromatic heterocycles. The summed E-state index contributed by atoms with van der Waals surface area (Å²) in [6.45, 7) is 4.69. The van der Waals surface area contributed by atoms with E-state index in [4.69, 9.17) is 11.6 Å². The molecule has 106 valence electrons. The van der Waals surface area contributed by atoms with Crippen molar-refractivity contribution in [3.8, 4) is 0 Å². The first-order valence-electron chi connectivity index (χ1n) is 7.42. The van der Waals surface area contributed by atoms with Gasteiger partial charge in [-0.3, -0.25) is 4.98 Å². The van der Waals surface area contributed by atoms with Crippen LogP contribution in [0.25, 0.3) is 10.9 Å². The summed E-state index contributed by atoms with van der Waals surface area (Å²) in [6, 6.07) is 8.51. The molecular weight excluding hydrogens is 268 g/mol. The van der Waals surface area contributed by atoms with E-state index in [-0.39, 0.29) is 0 Å². The molecule has 0 spiro atoms. The minimum Gasteiger partial charge on any atom is -0.380 e. The Balaban J connectivity index is 1.90. The van der Waals surface area contributed by atoms with Crippen LogP contribution in [0, 0.1) is 11.8 Å². The lowest BCUT2D eigenvalue weighted by Gasteiger charge is -2.32. The third kappa shape index (κ3) is 2.90. The summed E-state index contributed by atoms with van der Waals surface area (Å²) < 4.78 is 0. The Bertz CT molecular complexity index is 601. The highest BCUT2D eigenvalue weighted by molar-refractivity contribution is 6.31. The SMILES string of the molecule is CC1CC(C)CC(Nc2cc(Cl)cc3cccnc23)C1. The molecule has 2 nitrogen and oxygen atoms in total. The highest BCUT2D eigenvalue weighted by atomic mass is 35.5. The molecular formula is C17H21ClN2. The van der Waals surface area contributed by atoms with E-state index in [0.29, 0.717) is 6.04 Å². The average molecular weight is 289 g/mol. The normalized spacial score (nSPS) is 26.6. The molecule has 0 amide bonds. The molecule has 1 N–H and O–H groups in total. The number of pyridine rings is 1. The summed E-state index contributed by atoms with van der Waals surface area (Å²) in [6.07, 6.45) is 5.64. The van der Waals surface area contributed by atoms with E-state index in [1.165, 1.54) is 19.3 Å². The second-order valence-corrected chi connectivity index (χ2v) is 6.72. The third-order valence-electron chi connectivity index (χ3n) is 4.21. The van der Waals surface area contributed by atoms with E-state index < -0.39 is 0 Å². The first-order chi connectivity index (χ1) is 9.61. The van der Waals surface area contributed by atoms with Gasteiger partial charge in [0.15, 0.2) is 0 Å². The van der Waals surface area contributed by atoms with Gasteiger partial charge in [0, 0.05) is 22.6 Å². The van der Waals surface area contributed by atoms with Crippen molar-refractivity contribution in [2.75, 3.05) is 5.32 Å². The molecule has 1 aliphatic carbocycles. The Labute approximate surface area is 125 Å². The molecule has 3 rings (SSSR count). The summed E-state index contributed by atoms with van der Waals surface area (Å²) in [5.74, 6) is 1.57. The van der Waals surface area contributed by atoms with Crippen LogP contribution in [0.1, 0.15) is 33.1 Å². The lowest BCUT2D eigenvalue weighted by molar-refractivity contribution is 0.281. The van der Waals surface area contributed by atoms with Crippen LogP contribution in [-0.2, 0) is 0 Å². The molecule has 1 heterocycles. The van der Waals surface area contributed by atoms with Gasteiger partial charge < -0.3 is 5.32 Å². The topological polar surface area (TPSA) is 24.9 Å². The lowest BCUT2D eigenvalue weighted by Crippen LogP contribution is -2.30. The first-order valence-corrected chi connectivity index (χ1v) is 7.80. The maximum Gasteiger partial charge on any atom is 0.0934 e. The fourth-order valence-electron chi connectivity index (χ4n) is 3.55. The number of hydrogen-bond acceptors (Lipinski definition) is 2. The van der Waals surface area contributed by atoms with Gasteiger partial charge >= 0.3 is 0 Å². The van der Waals surface area contributed by atoms with E-state index >= 15 is 0 Å². The molecule has 0 radical (unpaired) electrons. The van der Waals surface area contributed by atoms with Gasteiger partial charge in [0.25, 0.3) is 0 Å². The van der Waals surface area contributed by atoms with Gasteiger partial charge in [0.2, 0.25) is 0 Å². The van der Waals surface area contributed by atoms with E-state index in [2.05, 4.69) is 30.2 Å². The van der Waals surface area contributed by atoms with Crippen molar-refractivity contribution in [3.63, 3.8) is 0 Å². The molecule has 2 aromatic rings. The number of hydrogen-bond donors (Lipinski definition) is 1. The molecule has 0 saturated heterocycles. The standard InChI is InChI=1S/C17H21ClN2/c1-11-6-12(2)8-15(7-11)20-16-10-14(18)9-13-4-3-5-19-17(13)16/h3-5,9-12,15,20H,6-8H2,1-2H3. The Morgan fingerprint density at radius 1 is 1.15 bits per heavy atom. The van der Waals surface area contributed by atoms with Crippen molar-refractivity contribution in [3.05, 3.63) is 35.5 Å². The number of nitrogens with zero attached hydrogens (tertiary/aromatic N) is 1. The van der Waals surface area contributed by atoms with Gasteiger partial charge in [0.1, 0.15) is 0 Å². The average Bonchev–Trinajstić information content (AvgIpc) is 2.37. The molecule has 0 bridgehead atoms. The van der Waals surface area contributed by atoms with E-state index in [9.17, 15) is 0 Å². The molecule has 2 unspecified atom stereocenters. The molecule has 2 atom stereocenters.